The highest BCUT2D eigenvalue weighted by Gasteiger charge is 2.35. The van der Waals surface area contributed by atoms with E-state index in [0.29, 0.717) is 0 Å². The van der Waals surface area contributed by atoms with Gasteiger partial charge >= 0.3 is 0 Å². The van der Waals surface area contributed by atoms with E-state index in [0.717, 1.165) is 67.5 Å². The second-order valence-electron chi connectivity index (χ2n) is 11.9. The third-order valence-corrected chi connectivity index (χ3v) is 8.51. The molecule has 0 bridgehead atoms. The van der Waals surface area contributed by atoms with Crippen LogP contribution < -0.4 is 0 Å². The Morgan fingerprint density at radius 1 is 0.425 bits per heavy atom. The molecule has 1 aliphatic rings. The summed E-state index contributed by atoms with van der Waals surface area (Å²) < 4.78 is 1.54. The molecule has 2 nitrogen and oxygen atoms in total. The van der Waals surface area contributed by atoms with Gasteiger partial charge in [-0.3, -0.25) is 0 Å². The molecule has 0 saturated heterocycles. The van der Waals surface area contributed by atoms with Gasteiger partial charge in [0, 0.05) is 22.3 Å². The Morgan fingerprint density at radius 3 is 1.27 bits per heavy atom. The van der Waals surface area contributed by atoms with Crippen LogP contribution in [0.5, 0.6) is 0 Å². The quantitative estimate of drug-likeness (QED) is 0.118. The summed E-state index contributed by atoms with van der Waals surface area (Å²) in [5.74, 6) is 0. The molecule has 2 aromatic carbocycles. The number of benzene rings is 2. The van der Waals surface area contributed by atoms with Crippen LogP contribution >= 0.6 is 0 Å². The largest absolute Gasteiger partial charge is 0.493 e. The monoisotopic (exact) mass is 540 g/mol. The van der Waals surface area contributed by atoms with Gasteiger partial charge in [-0.25, -0.2) is 4.70 Å². The first-order valence-corrected chi connectivity index (χ1v) is 16.8. The first-order chi connectivity index (χ1) is 19.6. The van der Waals surface area contributed by atoms with Gasteiger partial charge in [0.15, 0.2) is 0 Å². The minimum absolute atomic E-state index is 1.01. The Labute approximate surface area is 246 Å². The van der Waals surface area contributed by atoms with Crippen molar-refractivity contribution in [3.8, 4) is 0 Å². The second kappa shape index (κ2) is 18.1. The van der Waals surface area contributed by atoms with Gasteiger partial charge in [0.25, 0.3) is 0 Å². The molecule has 40 heavy (non-hydrogen) atoms. The maximum Gasteiger partial charge on any atom is 0.211 e. The van der Waals surface area contributed by atoms with Crippen molar-refractivity contribution in [3.05, 3.63) is 87.5 Å². The zero-order valence-electron chi connectivity index (χ0n) is 26.2. The summed E-state index contributed by atoms with van der Waals surface area (Å²) in [6, 6.07) is 18.1. The number of unbranched alkanes of at least 4 members (excludes halogenated alkanes) is 10. The zero-order chi connectivity index (χ0) is 28.6. The van der Waals surface area contributed by atoms with E-state index in [9.17, 15) is 5.53 Å². The summed E-state index contributed by atoms with van der Waals surface area (Å²) in [6.07, 6.45) is 22.1. The van der Waals surface area contributed by atoms with Crippen LogP contribution in [0.4, 0.5) is 0 Å². The van der Waals surface area contributed by atoms with E-state index < -0.39 is 0 Å². The molecule has 0 radical (unpaired) electrons. The second-order valence-corrected chi connectivity index (χ2v) is 11.9. The van der Waals surface area contributed by atoms with Crippen LogP contribution in [-0.2, 0) is 12.8 Å². The van der Waals surface area contributed by atoms with Crippen LogP contribution in [0, 0.1) is 0 Å². The highest BCUT2D eigenvalue weighted by Crippen LogP contribution is 2.44. The average Bonchev–Trinajstić information content (AvgIpc) is 3.25. The Morgan fingerprint density at radius 2 is 0.775 bits per heavy atom. The molecule has 0 saturated carbocycles. The molecule has 0 atom stereocenters. The Hall–Kier alpha value is -2.48. The van der Waals surface area contributed by atoms with Crippen LogP contribution in [-0.4, -0.2) is 4.70 Å². The van der Waals surface area contributed by atoms with Gasteiger partial charge in [-0.1, -0.05) is 116 Å². The van der Waals surface area contributed by atoms with Gasteiger partial charge in [-0.15, -0.1) is 0 Å². The molecular weight excluding hydrogens is 484 g/mol. The lowest BCUT2D eigenvalue weighted by Crippen LogP contribution is -2.03. The van der Waals surface area contributed by atoms with Gasteiger partial charge in [0.05, 0.1) is 0 Å². The van der Waals surface area contributed by atoms with E-state index in [4.69, 9.17) is 0 Å². The molecule has 3 rings (SSSR count). The van der Waals surface area contributed by atoms with Gasteiger partial charge in [0.1, 0.15) is 0 Å². The van der Waals surface area contributed by atoms with E-state index >= 15 is 0 Å². The molecule has 2 heteroatoms. The summed E-state index contributed by atoms with van der Waals surface area (Å²) in [6.45, 7) is 9.06. The molecule has 218 valence electrons. The van der Waals surface area contributed by atoms with Crippen molar-refractivity contribution < 1.29 is 4.70 Å². The standard InChI is InChI=1S/C38H56N2/c1-5-9-13-14-15-16-18-20-32-25-29-33(30-26-32)37-35(21-12-8-4)36(22-17-10-6-2)38(40(37)39)34-27-23-31(24-28-34)19-11-7-3/h23-30H,5-22H2,1-4H3. The fourth-order valence-corrected chi connectivity index (χ4v) is 6.02. The summed E-state index contributed by atoms with van der Waals surface area (Å²) in [5, 5.41) is 0. The first kappa shape index (κ1) is 32.0. The molecule has 0 amide bonds. The average molecular weight is 541 g/mol. The third kappa shape index (κ3) is 9.28. The van der Waals surface area contributed by atoms with E-state index in [1.54, 1.807) is 4.70 Å². The molecule has 1 aliphatic heterocycles. The Kier molecular flexibility index (Phi) is 14.5. The van der Waals surface area contributed by atoms with Crippen molar-refractivity contribution in [1.29, 1.82) is 0 Å². The molecule has 0 aromatic heterocycles. The molecule has 1 heterocycles. The normalized spacial score (nSPS) is 13.7. The van der Waals surface area contributed by atoms with Crippen molar-refractivity contribution in [2.75, 3.05) is 0 Å². The molecule has 0 fully saturated rings. The Bertz CT molecular complexity index is 1090. The van der Waals surface area contributed by atoms with Gasteiger partial charge in [-0.2, -0.15) is 0 Å². The van der Waals surface area contributed by atoms with Gasteiger partial charge in [-0.05, 0) is 86.8 Å². The van der Waals surface area contributed by atoms with Crippen LogP contribution in [0.3, 0.4) is 0 Å². The Balaban J connectivity index is 1.84. The zero-order valence-corrected chi connectivity index (χ0v) is 26.2. The summed E-state index contributed by atoms with van der Waals surface area (Å²) >= 11 is 0. The third-order valence-electron chi connectivity index (χ3n) is 8.51. The fourth-order valence-electron chi connectivity index (χ4n) is 6.02. The minimum atomic E-state index is 1.01. The number of nitrogens with zero attached hydrogens (tertiary/aromatic N) is 2. The summed E-state index contributed by atoms with van der Waals surface area (Å²) in [5.41, 5.74) is 21.6. The van der Waals surface area contributed by atoms with Crippen LogP contribution in [0.25, 0.3) is 16.9 Å². The lowest BCUT2D eigenvalue weighted by Gasteiger charge is -2.11. The SMILES string of the molecule is CCCCCCCCCc1ccc(C2=C(CCCC)C(CCCCC)=C(c3ccc(CCCC)cc3)[N+]2=[N-])cc1. The van der Waals surface area contributed by atoms with Crippen molar-refractivity contribution in [2.45, 2.75) is 143 Å². The first-order valence-electron chi connectivity index (χ1n) is 16.8. The number of hydrogen-bond acceptors (Lipinski definition) is 0. The van der Waals surface area contributed by atoms with Crippen LogP contribution in [0.1, 0.15) is 153 Å². The topological polar surface area (TPSA) is 25.3 Å². The number of rotatable bonds is 20. The molecule has 0 spiro atoms. The maximum absolute atomic E-state index is 11.8. The predicted octanol–water partition coefficient (Wildman–Crippen LogP) is 12.3. The molecule has 0 N–H and O–H groups in total. The van der Waals surface area contributed by atoms with Gasteiger partial charge < -0.3 is 5.53 Å². The van der Waals surface area contributed by atoms with Crippen molar-refractivity contribution in [2.24, 2.45) is 0 Å². The summed E-state index contributed by atoms with van der Waals surface area (Å²) in [7, 11) is 0. The number of aryl methyl sites for hydroxylation is 2. The highest BCUT2D eigenvalue weighted by molar-refractivity contribution is 5.82. The van der Waals surface area contributed by atoms with E-state index in [1.165, 1.54) is 92.9 Å². The molecule has 2 aromatic rings. The summed E-state index contributed by atoms with van der Waals surface area (Å²) in [4.78, 5) is 0. The lowest BCUT2D eigenvalue weighted by molar-refractivity contribution is -0.345. The maximum atomic E-state index is 11.8. The number of hydrogen-bond donors (Lipinski definition) is 0. The lowest BCUT2D eigenvalue weighted by atomic mass is 9.91. The number of allylic oxidation sites excluding steroid dienone is 2. The molecular formula is C38H56N2. The molecule has 0 aliphatic carbocycles. The fraction of sp³-hybridized carbons (Fsp3) is 0.579. The molecule has 0 unspecified atom stereocenters. The van der Waals surface area contributed by atoms with Crippen LogP contribution in [0.2, 0.25) is 0 Å². The van der Waals surface area contributed by atoms with E-state index in [1.807, 2.05) is 0 Å². The van der Waals surface area contributed by atoms with E-state index in [2.05, 4.69) is 76.2 Å². The van der Waals surface area contributed by atoms with Crippen molar-refractivity contribution in [1.82, 2.24) is 0 Å². The predicted molar refractivity (Wildman–Crippen MR) is 174 cm³/mol. The van der Waals surface area contributed by atoms with E-state index in [-0.39, 0.29) is 0 Å². The van der Waals surface area contributed by atoms with Crippen molar-refractivity contribution >= 4 is 11.4 Å². The van der Waals surface area contributed by atoms with Crippen molar-refractivity contribution in [3.63, 3.8) is 0 Å². The highest BCUT2D eigenvalue weighted by atomic mass is 15.2. The smallest absolute Gasteiger partial charge is 0.211 e. The van der Waals surface area contributed by atoms with Crippen LogP contribution in [0.15, 0.2) is 59.7 Å². The van der Waals surface area contributed by atoms with Gasteiger partial charge in [0.2, 0.25) is 11.4 Å². The minimum Gasteiger partial charge on any atom is -0.493 e.